The zero-order valence-electron chi connectivity index (χ0n) is 10.7. The third-order valence-electron chi connectivity index (χ3n) is 2.95. The maximum Gasteiger partial charge on any atom is 0.124 e. The van der Waals surface area contributed by atoms with Gasteiger partial charge in [0.1, 0.15) is 11.6 Å². The van der Waals surface area contributed by atoms with Crippen LogP contribution in [0.15, 0.2) is 36.4 Å². The van der Waals surface area contributed by atoms with E-state index in [2.05, 4.69) is 28.0 Å². The topological polar surface area (TPSA) is 47.3 Å². The highest BCUT2D eigenvalue weighted by Crippen LogP contribution is 2.32. The SMILES string of the molecule is COc1ccc(F)cc1C(NN)c1ccc(I)c(Cl)c1. The maximum absolute atomic E-state index is 13.5. The number of benzene rings is 2. The molecule has 6 heteroatoms. The lowest BCUT2D eigenvalue weighted by atomic mass is 9.98. The zero-order chi connectivity index (χ0) is 14.7. The van der Waals surface area contributed by atoms with Crippen LogP contribution < -0.4 is 16.0 Å². The minimum Gasteiger partial charge on any atom is -0.496 e. The van der Waals surface area contributed by atoms with Gasteiger partial charge in [-0.05, 0) is 58.5 Å². The minimum atomic E-state index is -0.407. The average Bonchev–Trinajstić information content (AvgIpc) is 2.44. The number of nitrogens with two attached hydrogens (primary N) is 1. The molecule has 1 atom stereocenters. The Kier molecular flexibility index (Phi) is 5.20. The summed E-state index contributed by atoms with van der Waals surface area (Å²) in [6, 6.07) is 9.49. The second-order valence-electron chi connectivity index (χ2n) is 4.16. The molecule has 0 heterocycles. The van der Waals surface area contributed by atoms with Gasteiger partial charge in [0.05, 0.1) is 18.2 Å². The summed E-state index contributed by atoms with van der Waals surface area (Å²) in [7, 11) is 1.53. The number of hydrogen-bond acceptors (Lipinski definition) is 3. The Morgan fingerprint density at radius 3 is 2.65 bits per heavy atom. The molecule has 3 N–H and O–H groups in total. The van der Waals surface area contributed by atoms with Crippen LogP contribution in [0.25, 0.3) is 0 Å². The van der Waals surface area contributed by atoms with E-state index in [4.69, 9.17) is 22.2 Å². The van der Waals surface area contributed by atoms with Gasteiger partial charge in [-0.15, -0.1) is 0 Å². The van der Waals surface area contributed by atoms with Crippen molar-refractivity contribution in [3.8, 4) is 5.75 Å². The zero-order valence-corrected chi connectivity index (χ0v) is 13.6. The Labute approximate surface area is 135 Å². The molecule has 0 aliphatic carbocycles. The van der Waals surface area contributed by atoms with Crippen molar-refractivity contribution in [2.24, 2.45) is 5.84 Å². The average molecular weight is 407 g/mol. The second kappa shape index (κ2) is 6.71. The largest absolute Gasteiger partial charge is 0.496 e. The van der Waals surface area contributed by atoms with Crippen molar-refractivity contribution in [1.82, 2.24) is 5.43 Å². The van der Waals surface area contributed by atoms with E-state index in [1.807, 2.05) is 12.1 Å². The van der Waals surface area contributed by atoms with E-state index in [0.29, 0.717) is 16.3 Å². The number of hydrogen-bond donors (Lipinski definition) is 2. The Morgan fingerprint density at radius 1 is 1.30 bits per heavy atom. The van der Waals surface area contributed by atoms with Crippen molar-refractivity contribution in [2.45, 2.75) is 6.04 Å². The van der Waals surface area contributed by atoms with Crippen LogP contribution >= 0.6 is 34.2 Å². The summed E-state index contributed by atoms with van der Waals surface area (Å²) in [4.78, 5) is 0. The van der Waals surface area contributed by atoms with Crippen molar-refractivity contribution in [1.29, 1.82) is 0 Å². The first kappa shape index (κ1) is 15.5. The van der Waals surface area contributed by atoms with E-state index in [1.54, 1.807) is 12.1 Å². The van der Waals surface area contributed by atoms with E-state index in [1.165, 1.54) is 19.2 Å². The molecule has 0 amide bonds. The monoisotopic (exact) mass is 406 g/mol. The highest BCUT2D eigenvalue weighted by molar-refractivity contribution is 14.1. The summed E-state index contributed by atoms with van der Waals surface area (Å²) < 4.78 is 19.7. The van der Waals surface area contributed by atoms with E-state index in [0.717, 1.165) is 9.13 Å². The van der Waals surface area contributed by atoms with Gasteiger partial charge in [-0.2, -0.15) is 0 Å². The maximum atomic E-state index is 13.5. The molecule has 0 spiro atoms. The van der Waals surface area contributed by atoms with Gasteiger partial charge < -0.3 is 4.74 Å². The van der Waals surface area contributed by atoms with Crippen LogP contribution in [0, 0.1) is 9.39 Å². The Balaban J connectivity index is 2.51. The number of nitrogens with one attached hydrogen (secondary N) is 1. The fourth-order valence-corrected chi connectivity index (χ4v) is 2.51. The summed E-state index contributed by atoms with van der Waals surface area (Å²) >= 11 is 8.27. The molecule has 2 aromatic rings. The fourth-order valence-electron chi connectivity index (χ4n) is 1.99. The molecule has 2 aromatic carbocycles. The lowest BCUT2D eigenvalue weighted by molar-refractivity contribution is 0.402. The van der Waals surface area contributed by atoms with Gasteiger partial charge in [-0.3, -0.25) is 5.84 Å². The Hall–Kier alpha value is -0.890. The molecule has 2 rings (SSSR count). The number of methoxy groups -OCH3 is 1. The Morgan fingerprint density at radius 2 is 2.05 bits per heavy atom. The van der Waals surface area contributed by atoms with Gasteiger partial charge in [0.2, 0.25) is 0 Å². The molecule has 20 heavy (non-hydrogen) atoms. The summed E-state index contributed by atoms with van der Waals surface area (Å²) in [5.74, 6) is 5.84. The minimum absolute atomic E-state index is 0.349. The van der Waals surface area contributed by atoms with Gasteiger partial charge in [0, 0.05) is 9.13 Å². The van der Waals surface area contributed by atoms with Crippen LogP contribution in [0.2, 0.25) is 5.02 Å². The third-order valence-corrected chi connectivity index (χ3v) is 4.52. The molecule has 1 unspecified atom stereocenters. The molecule has 0 saturated carbocycles. The summed E-state index contributed by atoms with van der Waals surface area (Å²) in [5.41, 5.74) is 4.13. The second-order valence-corrected chi connectivity index (χ2v) is 5.73. The molecule has 0 fully saturated rings. The van der Waals surface area contributed by atoms with Gasteiger partial charge in [-0.25, -0.2) is 9.82 Å². The van der Waals surface area contributed by atoms with Gasteiger partial charge in [0.15, 0.2) is 0 Å². The molecule has 3 nitrogen and oxygen atoms in total. The van der Waals surface area contributed by atoms with Crippen molar-refractivity contribution in [2.75, 3.05) is 7.11 Å². The molecule has 106 valence electrons. The lowest BCUT2D eigenvalue weighted by Crippen LogP contribution is -2.29. The van der Waals surface area contributed by atoms with Crippen LogP contribution in [-0.4, -0.2) is 7.11 Å². The third kappa shape index (κ3) is 3.22. The quantitative estimate of drug-likeness (QED) is 0.463. The summed E-state index contributed by atoms with van der Waals surface area (Å²) in [6.45, 7) is 0. The molecule has 0 aliphatic heterocycles. The van der Waals surface area contributed by atoms with Gasteiger partial charge >= 0.3 is 0 Å². The first-order valence-electron chi connectivity index (χ1n) is 5.81. The molecular weight excluding hydrogens is 394 g/mol. The van der Waals surface area contributed by atoms with Crippen molar-refractivity contribution >= 4 is 34.2 Å². The van der Waals surface area contributed by atoms with Crippen LogP contribution in [0.3, 0.4) is 0 Å². The molecule has 0 aromatic heterocycles. The highest BCUT2D eigenvalue weighted by atomic mass is 127. The van der Waals surface area contributed by atoms with Crippen LogP contribution in [0.4, 0.5) is 4.39 Å². The predicted molar refractivity (Wildman–Crippen MR) is 86.3 cm³/mol. The number of hydrazine groups is 1. The molecule has 0 radical (unpaired) electrons. The normalized spacial score (nSPS) is 12.2. The van der Waals surface area contributed by atoms with Crippen LogP contribution in [-0.2, 0) is 0 Å². The van der Waals surface area contributed by atoms with Crippen LogP contribution in [0.1, 0.15) is 17.2 Å². The highest BCUT2D eigenvalue weighted by Gasteiger charge is 2.18. The first-order chi connectivity index (χ1) is 9.56. The Bertz CT molecular complexity index is 624. The lowest BCUT2D eigenvalue weighted by Gasteiger charge is -2.20. The fraction of sp³-hybridized carbons (Fsp3) is 0.143. The van der Waals surface area contributed by atoms with E-state index < -0.39 is 6.04 Å². The van der Waals surface area contributed by atoms with Crippen LogP contribution in [0.5, 0.6) is 5.75 Å². The van der Waals surface area contributed by atoms with Crippen molar-refractivity contribution in [3.05, 3.63) is 61.9 Å². The summed E-state index contributed by atoms with van der Waals surface area (Å²) in [6.07, 6.45) is 0. The molecule has 0 bridgehead atoms. The molecule has 0 saturated heterocycles. The molecular formula is C14H13ClFIN2O. The van der Waals surface area contributed by atoms with Crippen molar-refractivity contribution < 1.29 is 9.13 Å². The van der Waals surface area contributed by atoms with E-state index in [-0.39, 0.29) is 5.82 Å². The first-order valence-corrected chi connectivity index (χ1v) is 7.27. The van der Waals surface area contributed by atoms with E-state index >= 15 is 0 Å². The predicted octanol–water partition coefficient (Wildman–Crippen LogP) is 3.65. The summed E-state index contributed by atoms with van der Waals surface area (Å²) in [5, 5.41) is 0.624. The standard InChI is InChI=1S/C14H13ClFIN2O/c1-20-13-5-3-9(16)7-10(13)14(19-18)8-2-4-12(17)11(15)6-8/h2-7,14,19H,18H2,1H3. The number of rotatable bonds is 4. The smallest absolute Gasteiger partial charge is 0.124 e. The number of ether oxygens (including phenoxy) is 1. The van der Waals surface area contributed by atoms with Crippen molar-refractivity contribution in [3.63, 3.8) is 0 Å². The van der Waals surface area contributed by atoms with E-state index in [9.17, 15) is 4.39 Å². The van der Waals surface area contributed by atoms with Gasteiger partial charge in [0.25, 0.3) is 0 Å². The molecule has 0 aliphatic rings. The van der Waals surface area contributed by atoms with Gasteiger partial charge in [-0.1, -0.05) is 17.7 Å². The number of halogens is 3.